The SMILES string of the molecule is CCNC1CC2CCCC(C1)N2Cc1cc(C)no1. The monoisotopic (exact) mass is 263 g/mol. The van der Waals surface area contributed by atoms with Crippen LogP contribution in [0, 0.1) is 6.92 Å². The number of nitrogens with zero attached hydrogens (tertiary/aromatic N) is 2. The minimum atomic E-state index is 0.716. The fourth-order valence-corrected chi connectivity index (χ4v) is 3.86. The number of fused-ring (bicyclic) bond motifs is 2. The van der Waals surface area contributed by atoms with Crippen LogP contribution in [0.5, 0.6) is 0 Å². The first kappa shape index (κ1) is 13.1. The number of rotatable bonds is 4. The second-order valence-electron chi connectivity index (χ2n) is 6.07. The number of piperidine rings is 2. The Hall–Kier alpha value is -0.870. The molecule has 19 heavy (non-hydrogen) atoms. The Labute approximate surface area is 115 Å². The fourth-order valence-electron chi connectivity index (χ4n) is 3.86. The van der Waals surface area contributed by atoms with Gasteiger partial charge in [-0.05, 0) is 39.2 Å². The van der Waals surface area contributed by atoms with Crippen LogP contribution in [0.3, 0.4) is 0 Å². The zero-order valence-electron chi connectivity index (χ0n) is 12.1. The molecule has 0 saturated carbocycles. The van der Waals surface area contributed by atoms with Gasteiger partial charge in [0.15, 0.2) is 5.76 Å². The molecule has 2 unspecified atom stereocenters. The van der Waals surface area contributed by atoms with Crippen LogP contribution in [0.25, 0.3) is 0 Å². The zero-order valence-corrected chi connectivity index (χ0v) is 12.1. The van der Waals surface area contributed by atoms with E-state index in [-0.39, 0.29) is 0 Å². The molecule has 2 fully saturated rings. The van der Waals surface area contributed by atoms with Crippen molar-refractivity contribution in [2.45, 2.75) is 70.6 Å². The van der Waals surface area contributed by atoms with Gasteiger partial charge in [-0.15, -0.1) is 0 Å². The van der Waals surface area contributed by atoms with Gasteiger partial charge in [0, 0.05) is 24.2 Å². The van der Waals surface area contributed by atoms with E-state index in [4.69, 9.17) is 4.52 Å². The van der Waals surface area contributed by atoms with Gasteiger partial charge in [0.25, 0.3) is 0 Å². The van der Waals surface area contributed by atoms with E-state index in [2.05, 4.69) is 28.4 Å². The second kappa shape index (κ2) is 5.63. The van der Waals surface area contributed by atoms with Gasteiger partial charge in [-0.25, -0.2) is 0 Å². The number of nitrogens with one attached hydrogen (secondary N) is 1. The zero-order chi connectivity index (χ0) is 13.2. The first-order chi connectivity index (χ1) is 9.26. The predicted molar refractivity (Wildman–Crippen MR) is 74.9 cm³/mol. The largest absolute Gasteiger partial charge is 0.360 e. The molecular weight excluding hydrogens is 238 g/mol. The average Bonchev–Trinajstić information content (AvgIpc) is 2.76. The highest BCUT2D eigenvalue weighted by Gasteiger charge is 2.38. The van der Waals surface area contributed by atoms with Crippen molar-refractivity contribution in [3.63, 3.8) is 0 Å². The number of aromatic nitrogens is 1. The molecule has 106 valence electrons. The summed E-state index contributed by atoms with van der Waals surface area (Å²) in [6, 6.07) is 4.24. The summed E-state index contributed by atoms with van der Waals surface area (Å²) in [6.07, 6.45) is 6.64. The minimum Gasteiger partial charge on any atom is -0.360 e. The van der Waals surface area contributed by atoms with Crippen molar-refractivity contribution < 1.29 is 4.52 Å². The third-order valence-corrected chi connectivity index (χ3v) is 4.63. The highest BCUT2D eigenvalue weighted by molar-refractivity contribution is 5.05. The lowest BCUT2D eigenvalue weighted by atomic mass is 9.81. The van der Waals surface area contributed by atoms with Crippen LogP contribution in [0.1, 0.15) is 50.5 Å². The van der Waals surface area contributed by atoms with E-state index >= 15 is 0 Å². The third kappa shape index (κ3) is 2.84. The van der Waals surface area contributed by atoms with Crippen LogP contribution in [0.15, 0.2) is 10.6 Å². The normalized spacial score (nSPS) is 31.6. The molecule has 1 aromatic rings. The van der Waals surface area contributed by atoms with E-state index < -0.39 is 0 Å². The van der Waals surface area contributed by atoms with E-state index in [0.717, 1.165) is 36.6 Å². The first-order valence-electron chi connectivity index (χ1n) is 7.67. The van der Waals surface area contributed by atoms with E-state index in [1.54, 1.807) is 0 Å². The standard InChI is InChI=1S/C15H25N3O/c1-3-16-12-8-13-5-4-6-14(9-12)18(13)10-15-7-11(2)17-19-15/h7,12-14,16H,3-6,8-10H2,1-2H3. The van der Waals surface area contributed by atoms with Gasteiger partial charge in [-0.1, -0.05) is 18.5 Å². The van der Waals surface area contributed by atoms with Crippen molar-refractivity contribution in [1.82, 2.24) is 15.4 Å². The molecule has 2 saturated heterocycles. The highest BCUT2D eigenvalue weighted by Crippen LogP contribution is 2.35. The maximum atomic E-state index is 5.40. The molecule has 0 spiro atoms. The molecule has 2 aliphatic heterocycles. The molecule has 3 heterocycles. The molecule has 0 radical (unpaired) electrons. The van der Waals surface area contributed by atoms with Crippen molar-refractivity contribution in [2.75, 3.05) is 6.54 Å². The van der Waals surface area contributed by atoms with Gasteiger partial charge in [0.05, 0.1) is 12.2 Å². The van der Waals surface area contributed by atoms with Gasteiger partial charge in [0.1, 0.15) is 0 Å². The lowest BCUT2D eigenvalue weighted by Crippen LogP contribution is -2.55. The molecule has 0 aliphatic carbocycles. The summed E-state index contributed by atoms with van der Waals surface area (Å²) in [7, 11) is 0. The Bertz CT molecular complexity index is 403. The predicted octanol–water partition coefficient (Wildman–Crippen LogP) is 2.48. The molecule has 0 amide bonds. The Morgan fingerprint density at radius 1 is 1.37 bits per heavy atom. The average molecular weight is 263 g/mol. The van der Waals surface area contributed by atoms with E-state index in [0.29, 0.717) is 6.04 Å². The summed E-state index contributed by atoms with van der Waals surface area (Å²) in [6.45, 7) is 6.23. The van der Waals surface area contributed by atoms with Crippen molar-refractivity contribution >= 4 is 0 Å². The molecular formula is C15H25N3O. The molecule has 2 aliphatic rings. The van der Waals surface area contributed by atoms with Crippen LogP contribution >= 0.6 is 0 Å². The van der Waals surface area contributed by atoms with Gasteiger partial charge in [0.2, 0.25) is 0 Å². The Kier molecular flexibility index (Phi) is 3.89. The summed E-state index contributed by atoms with van der Waals surface area (Å²) in [4.78, 5) is 2.66. The van der Waals surface area contributed by atoms with Gasteiger partial charge < -0.3 is 9.84 Å². The minimum absolute atomic E-state index is 0.716. The van der Waals surface area contributed by atoms with Gasteiger partial charge in [-0.2, -0.15) is 0 Å². The van der Waals surface area contributed by atoms with E-state index in [9.17, 15) is 0 Å². The first-order valence-corrected chi connectivity index (χ1v) is 7.67. The van der Waals surface area contributed by atoms with Crippen LogP contribution in [-0.2, 0) is 6.54 Å². The van der Waals surface area contributed by atoms with Gasteiger partial charge >= 0.3 is 0 Å². The lowest BCUT2D eigenvalue weighted by molar-refractivity contribution is 0.0118. The molecule has 2 bridgehead atoms. The van der Waals surface area contributed by atoms with Crippen molar-refractivity contribution in [3.05, 3.63) is 17.5 Å². The summed E-state index contributed by atoms with van der Waals surface area (Å²) >= 11 is 0. The third-order valence-electron chi connectivity index (χ3n) is 4.63. The quantitative estimate of drug-likeness (QED) is 0.906. The van der Waals surface area contributed by atoms with Crippen molar-refractivity contribution in [3.8, 4) is 0 Å². The van der Waals surface area contributed by atoms with Crippen molar-refractivity contribution in [2.24, 2.45) is 0 Å². The van der Waals surface area contributed by atoms with E-state index in [1.807, 2.05) is 6.92 Å². The summed E-state index contributed by atoms with van der Waals surface area (Å²) in [5, 5.41) is 7.65. The topological polar surface area (TPSA) is 41.3 Å². The molecule has 1 N–H and O–H groups in total. The Morgan fingerprint density at radius 3 is 2.68 bits per heavy atom. The molecule has 4 nitrogen and oxygen atoms in total. The summed E-state index contributed by atoms with van der Waals surface area (Å²) in [5.41, 5.74) is 0.989. The molecule has 3 rings (SSSR count). The van der Waals surface area contributed by atoms with Gasteiger partial charge in [-0.3, -0.25) is 4.90 Å². The second-order valence-corrected chi connectivity index (χ2v) is 6.07. The summed E-state index contributed by atoms with van der Waals surface area (Å²) < 4.78 is 5.40. The van der Waals surface area contributed by atoms with Crippen LogP contribution < -0.4 is 5.32 Å². The molecule has 1 aromatic heterocycles. The maximum absolute atomic E-state index is 5.40. The Balaban J connectivity index is 1.68. The van der Waals surface area contributed by atoms with Crippen LogP contribution in [-0.4, -0.2) is 34.7 Å². The van der Waals surface area contributed by atoms with Crippen LogP contribution in [0.4, 0.5) is 0 Å². The number of aryl methyl sites for hydroxylation is 1. The Morgan fingerprint density at radius 2 is 2.11 bits per heavy atom. The lowest BCUT2D eigenvalue weighted by Gasteiger charge is -2.48. The van der Waals surface area contributed by atoms with Crippen LogP contribution in [0.2, 0.25) is 0 Å². The van der Waals surface area contributed by atoms with E-state index in [1.165, 1.54) is 32.1 Å². The summed E-state index contributed by atoms with van der Waals surface area (Å²) in [5.74, 6) is 1.02. The fraction of sp³-hybridized carbons (Fsp3) is 0.800. The smallest absolute Gasteiger partial charge is 0.150 e. The van der Waals surface area contributed by atoms with Crippen molar-refractivity contribution in [1.29, 1.82) is 0 Å². The number of hydrogen-bond donors (Lipinski definition) is 1. The number of hydrogen-bond acceptors (Lipinski definition) is 4. The molecule has 4 heteroatoms. The highest BCUT2D eigenvalue weighted by atomic mass is 16.5. The molecule has 0 aromatic carbocycles. The maximum Gasteiger partial charge on any atom is 0.150 e. The molecule has 2 atom stereocenters.